The van der Waals surface area contributed by atoms with Gasteiger partial charge in [0.25, 0.3) is 5.91 Å². The van der Waals surface area contributed by atoms with Gasteiger partial charge in [0.15, 0.2) is 6.61 Å². The van der Waals surface area contributed by atoms with Crippen LogP contribution in [0.4, 0.5) is 0 Å². The summed E-state index contributed by atoms with van der Waals surface area (Å²) in [6.07, 6.45) is 0. The minimum Gasteiger partial charge on any atom is -0.497 e. The SMILES string of the molecule is COc1ccc(OCC(=O)N/N=C(\C)c2cccc(Br)c2)c(I)c1. The fourth-order valence-corrected chi connectivity index (χ4v) is 2.87. The number of carbonyl (C=O) groups excluding carboxylic acids is 1. The van der Waals surface area contributed by atoms with Crippen LogP contribution < -0.4 is 14.9 Å². The normalized spacial score (nSPS) is 11.1. The Labute approximate surface area is 162 Å². The maximum atomic E-state index is 11.9. The average molecular weight is 503 g/mol. The van der Waals surface area contributed by atoms with Gasteiger partial charge < -0.3 is 9.47 Å². The molecule has 0 heterocycles. The lowest BCUT2D eigenvalue weighted by Gasteiger charge is -2.09. The first-order valence-corrected chi connectivity index (χ1v) is 8.92. The number of nitrogens with zero attached hydrogens (tertiary/aromatic N) is 1. The Kier molecular flexibility index (Phi) is 7.04. The lowest BCUT2D eigenvalue weighted by Crippen LogP contribution is -2.25. The van der Waals surface area contributed by atoms with Gasteiger partial charge >= 0.3 is 0 Å². The molecule has 7 heteroatoms. The van der Waals surface area contributed by atoms with E-state index in [1.54, 1.807) is 19.2 Å². The van der Waals surface area contributed by atoms with Crippen LogP contribution >= 0.6 is 38.5 Å². The van der Waals surface area contributed by atoms with E-state index in [0.29, 0.717) is 11.5 Å². The molecule has 24 heavy (non-hydrogen) atoms. The fraction of sp³-hybridized carbons (Fsp3) is 0.176. The second kappa shape index (κ2) is 9.03. The van der Waals surface area contributed by atoms with Crippen molar-refractivity contribution in [1.29, 1.82) is 0 Å². The summed E-state index contributed by atoms with van der Waals surface area (Å²) in [5.41, 5.74) is 4.13. The van der Waals surface area contributed by atoms with Crippen LogP contribution in [0.3, 0.4) is 0 Å². The van der Waals surface area contributed by atoms with E-state index in [-0.39, 0.29) is 12.5 Å². The van der Waals surface area contributed by atoms with Crippen molar-refractivity contribution in [2.24, 2.45) is 5.10 Å². The van der Waals surface area contributed by atoms with Crippen molar-refractivity contribution in [3.63, 3.8) is 0 Å². The van der Waals surface area contributed by atoms with Gasteiger partial charge in [-0.2, -0.15) is 5.10 Å². The maximum absolute atomic E-state index is 11.9. The van der Waals surface area contributed by atoms with Crippen LogP contribution in [0.2, 0.25) is 0 Å². The molecule has 0 unspecified atom stereocenters. The second-order valence-corrected chi connectivity index (χ2v) is 6.91. The molecule has 2 aromatic carbocycles. The van der Waals surface area contributed by atoms with Gasteiger partial charge in [-0.25, -0.2) is 5.43 Å². The molecule has 2 rings (SSSR count). The predicted octanol–water partition coefficient (Wildman–Crippen LogP) is 3.98. The molecule has 1 amide bonds. The van der Waals surface area contributed by atoms with Crippen molar-refractivity contribution in [1.82, 2.24) is 5.43 Å². The first-order chi connectivity index (χ1) is 11.5. The number of carbonyl (C=O) groups is 1. The standard InChI is InChI=1S/C17H16BrIN2O3/c1-11(12-4-3-5-13(18)8-12)20-21-17(22)10-24-16-7-6-14(23-2)9-15(16)19/h3-9H,10H2,1-2H3,(H,21,22)/b20-11+. The monoisotopic (exact) mass is 502 g/mol. The molecule has 5 nitrogen and oxygen atoms in total. The highest BCUT2D eigenvalue weighted by Gasteiger charge is 2.07. The lowest BCUT2D eigenvalue weighted by atomic mass is 10.1. The molecule has 1 N–H and O–H groups in total. The first-order valence-electron chi connectivity index (χ1n) is 7.05. The van der Waals surface area contributed by atoms with Crippen molar-refractivity contribution >= 4 is 50.1 Å². The number of hydrazone groups is 1. The molecule has 0 spiro atoms. The summed E-state index contributed by atoms with van der Waals surface area (Å²) in [6, 6.07) is 13.1. The van der Waals surface area contributed by atoms with Gasteiger partial charge in [0, 0.05) is 4.47 Å². The lowest BCUT2D eigenvalue weighted by molar-refractivity contribution is -0.123. The number of nitrogens with one attached hydrogen (secondary N) is 1. The van der Waals surface area contributed by atoms with Crippen LogP contribution in [0.25, 0.3) is 0 Å². The Morgan fingerprint density at radius 2 is 2.08 bits per heavy atom. The zero-order valence-electron chi connectivity index (χ0n) is 13.2. The summed E-state index contributed by atoms with van der Waals surface area (Å²) in [6.45, 7) is 1.72. The van der Waals surface area contributed by atoms with Crippen molar-refractivity contribution in [2.45, 2.75) is 6.92 Å². The van der Waals surface area contributed by atoms with Gasteiger partial charge in [-0.15, -0.1) is 0 Å². The summed E-state index contributed by atoms with van der Waals surface area (Å²) in [7, 11) is 1.60. The van der Waals surface area contributed by atoms with Crippen LogP contribution in [0.1, 0.15) is 12.5 Å². The van der Waals surface area contributed by atoms with Crippen LogP contribution in [0.5, 0.6) is 11.5 Å². The number of halogens is 2. The van der Waals surface area contributed by atoms with Gasteiger partial charge in [0.1, 0.15) is 11.5 Å². The molecule has 0 bridgehead atoms. The average Bonchev–Trinajstić information content (AvgIpc) is 2.58. The number of ether oxygens (including phenoxy) is 2. The van der Waals surface area contributed by atoms with E-state index in [1.807, 2.05) is 37.3 Å². The number of amides is 1. The summed E-state index contributed by atoms with van der Waals surface area (Å²) >= 11 is 5.54. The molecule has 0 saturated carbocycles. The molecule has 0 aliphatic carbocycles. The number of benzene rings is 2. The van der Waals surface area contributed by atoms with Crippen LogP contribution in [-0.4, -0.2) is 25.3 Å². The number of hydrogen-bond acceptors (Lipinski definition) is 4. The zero-order chi connectivity index (χ0) is 17.5. The molecule has 0 fully saturated rings. The Morgan fingerprint density at radius 1 is 1.29 bits per heavy atom. The molecule has 0 aliphatic heterocycles. The molecule has 0 aromatic heterocycles. The minimum absolute atomic E-state index is 0.113. The Bertz CT molecular complexity index is 765. The minimum atomic E-state index is -0.323. The molecule has 2 aromatic rings. The molecule has 0 atom stereocenters. The van der Waals surface area contributed by atoms with Gasteiger partial charge in [-0.3, -0.25) is 4.79 Å². The van der Waals surface area contributed by atoms with Crippen molar-refractivity contribution in [3.05, 3.63) is 56.1 Å². The molecular weight excluding hydrogens is 487 g/mol. The topological polar surface area (TPSA) is 59.9 Å². The first kappa shape index (κ1) is 18.7. The highest BCUT2D eigenvalue weighted by molar-refractivity contribution is 14.1. The summed E-state index contributed by atoms with van der Waals surface area (Å²) in [5.74, 6) is 1.04. The molecule has 126 valence electrons. The number of rotatable bonds is 6. The van der Waals surface area contributed by atoms with E-state index in [4.69, 9.17) is 9.47 Å². The van der Waals surface area contributed by atoms with E-state index >= 15 is 0 Å². The molecule has 0 saturated heterocycles. The highest BCUT2D eigenvalue weighted by Crippen LogP contribution is 2.25. The smallest absolute Gasteiger partial charge is 0.277 e. The third kappa shape index (κ3) is 5.48. The summed E-state index contributed by atoms with van der Waals surface area (Å²) in [5, 5.41) is 4.09. The van der Waals surface area contributed by atoms with E-state index in [9.17, 15) is 4.79 Å². The largest absolute Gasteiger partial charge is 0.497 e. The van der Waals surface area contributed by atoms with Crippen LogP contribution in [-0.2, 0) is 4.79 Å². The quantitative estimate of drug-likeness (QED) is 0.369. The summed E-state index contributed by atoms with van der Waals surface area (Å²) < 4.78 is 12.5. The predicted molar refractivity (Wildman–Crippen MR) is 106 cm³/mol. The van der Waals surface area contributed by atoms with Gasteiger partial charge in [-0.1, -0.05) is 28.1 Å². The van der Waals surface area contributed by atoms with Crippen LogP contribution in [0.15, 0.2) is 52.0 Å². The Morgan fingerprint density at radius 3 is 2.75 bits per heavy atom. The van der Waals surface area contributed by atoms with Crippen LogP contribution in [0, 0.1) is 3.57 Å². The second-order valence-electron chi connectivity index (χ2n) is 4.83. The maximum Gasteiger partial charge on any atom is 0.277 e. The molecule has 0 radical (unpaired) electrons. The van der Waals surface area contributed by atoms with E-state index in [2.05, 4.69) is 49.0 Å². The van der Waals surface area contributed by atoms with Gasteiger partial charge in [0.05, 0.1) is 16.4 Å². The van der Waals surface area contributed by atoms with Crippen molar-refractivity contribution < 1.29 is 14.3 Å². The number of methoxy groups -OCH3 is 1. The fourth-order valence-electron chi connectivity index (χ4n) is 1.83. The Balaban J connectivity index is 1.90. The van der Waals surface area contributed by atoms with E-state index in [1.165, 1.54) is 0 Å². The third-order valence-electron chi connectivity index (χ3n) is 3.09. The van der Waals surface area contributed by atoms with Crippen molar-refractivity contribution in [2.75, 3.05) is 13.7 Å². The van der Waals surface area contributed by atoms with E-state index < -0.39 is 0 Å². The van der Waals surface area contributed by atoms with E-state index in [0.717, 1.165) is 19.4 Å². The Hall–Kier alpha value is -1.61. The molecular formula is C17H16BrIN2O3. The van der Waals surface area contributed by atoms with Gasteiger partial charge in [-0.05, 0) is 65.4 Å². The zero-order valence-corrected chi connectivity index (χ0v) is 16.9. The van der Waals surface area contributed by atoms with Gasteiger partial charge in [0.2, 0.25) is 0 Å². The van der Waals surface area contributed by atoms with Crippen molar-refractivity contribution in [3.8, 4) is 11.5 Å². The summed E-state index contributed by atoms with van der Waals surface area (Å²) in [4.78, 5) is 11.9. The highest BCUT2D eigenvalue weighted by atomic mass is 127. The third-order valence-corrected chi connectivity index (χ3v) is 4.42. The molecule has 0 aliphatic rings. The number of hydrogen-bond donors (Lipinski definition) is 1.